The molecule has 106 valence electrons. The van der Waals surface area contributed by atoms with Gasteiger partial charge in [-0.2, -0.15) is 0 Å². The summed E-state index contributed by atoms with van der Waals surface area (Å²) >= 11 is 0. The quantitative estimate of drug-likeness (QED) is 0.850. The summed E-state index contributed by atoms with van der Waals surface area (Å²) in [6, 6.07) is 4.97. The average molecular weight is 276 g/mol. The number of benzene rings is 1. The lowest BCUT2D eigenvalue weighted by Crippen LogP contribution is -2.42. The van der Waals surface area contributed by atoms with Crippen LogP contribution in [0.2, 0.25) is 0 Å². The van der Waals surface area contributed by atoms with E-state index in [1.807, 2.05) is 0 Å². The Balaban J connectivity index is 1.66. The Morgan fingerprint density at radius 2 is 2.10 bits per heavy atom. The maximum atomic E-state index is 12.1. The van der Waals surface area contributed by atoms with Crippen LogP contribution < -0.4 is 5.32 Å². The van der Waals surface area contributed by atoms with Gasteiger partial charge < -0.3 is 20.1 Å². The molecule has 2 aliphatic heterocycles. The predicted octanol–water partition coefficient (Wildman–Crippen LogP) is 1.20. The highest BCUT2D eigenvalue weighted by atomic mass is 16.5. The van der Waals surface area contributed by atoms with Gasteiger partial charge in [0.25, 0.3) is 0 Å². The van der Waals surface area contributed by atoms with Crippen LogP contribution in [0.5, 0.6) is 0 Å². The molecular weight excluding hydrogens is 260 g/mol. The zero-order valence-corrected chi connectivity index (χ0v) is 11.0. The summed E-state index contributed by atoms with van der Waals surface area (Å²) in [5.41, 5.74) is 2.17. The molecule has 20 heavy (non-hydrogen) atoms. The van der Waals surface area contributed by atoms with Crippen LogP contribution in [0.4, 0.5) is 4.79 Å². The third-order valence-corrected chi connectivity index (χ3v) is 3.72. The zero-order valence-electron chi connectivity index (χ0n) is 11.0. The molecule has 1 aromatic rings. The molecule has 6 heteroatoms. The zero-order chi connectivity index (χ0) is 14.1. The summed E-state index contributed by atoms with van der Waals surface area (Å²) in [5, 5.41) is 11.9. The maximum Gasteiger partial charge on any atom is 0.335 e. The van der Waals surface area contributed by atoms with Gasteiger partial charge in [0.1, 0.15) is 0 Å². The van der Waals surface area contributed by atoms with Gasteiger partial charge in [0.05, 0.1) is 18.2 Å². The maximum absolute atomic E-state index is 12.1. The molecule has 1 aromatic carbocycles. The largest absolute Gasteiger partial charge is 0.478 e. The Hall–Kier alpha value is -2.08. The molecule has 1 saturated heterocycles. The second-order valence-corrected chi connectivity index (χ2v) is 5.15. The standard InChI is InChI=1S/C14H16N2O4/c17-13(18)9-1-2-10-6-16(7-11(10)5-9)14(19)15-12-3-4-20-8-12/h1-2,5,12H,3-4,6-8H2,(H,15,19)(H,17,18). The van der Waals surface area contributed by atoms with Crippen LogP contribution >= 0.6 is 0 Å². The van der Waals surface area contributed by atoms with Crippen molar-refractivity contribution >= 4 is 12.0 Å². The number of carbonyl (C=O) groups is 2. The van der Waals surface area contributed by atoms with Crippen molar-refractivity contribution in [3.8, 4) is 0 Å². The molecular formula is C14H16N2O4. The Labute approximate surface area is 116 Å². The van der Waals surface area contributed by atoms with Gasteiger partial charge >= 0.3 is 12.0 Å². The summed E-state index contributed by atoms with van der Waals surface area (Å²) in [5.74, 6) is -0.946. The van der Waals surface area contributed by atoms with Gasteiger partial charge in [0.2, 0.25) is 0 Å². The van der Waals surface area contributed by atoms with Crippen LogP contribution in [0.1, 0.15) is 27.9 Å². The molecule has 0 spiro atoms. The molecule has 0 aliphatic carbocycles. The number of amides is 2. The Morgan fingerprint density at radius 1 is 1.30 bits per heavy atom. The van der Waals surface area contributed by atoms with Gasteiger partial charge in [-0.25, -0.2) is 9.59 Å². The fraction of sp³-hybridized carbons (Fsp3) is 0.429. The molecule has 1 atom stereocenters. The van der Waals surface area contributed by atoms with Crippen molar-refractivity contribution in [1.82, 2.24) is 10.2 Å². The molecule has 3 rings (SSSR count). The normalized spacial score (nSPS) is 20.8. The topological polar surface area (TPSA) is 78.9 Å². The number of fused-ring (bicyclic) bond motifs is 1. The minimum Gasteiger partial charge on any atom is -0.478 e. The van der Waals surface area contributed by atoms with Gasteiger partial charge in [-0.15, -0.1) is 0 Å². The van der Waals surface area contributed by atoms with Crippen LogP contribution in [-0.2, 0) is 17.8 Å². The molecule has 2 aliphatic rings. The van der Waals surface area contributed by atoms with E-state index in [2.05, 4.69) is 5.32 Å². The number of hydrogen-bond donors (Lipinski definition) is 2. The number of nitrogens with zero attached hydrogens (tertiary/aromatic N) is 1. The molecule has 1 unspecified atom stereocenters. The molecule has 0 saturated carbocycles. The third-order valence-electron chi connectivity index (χ3n) is 3.72. The van der Waals surface area contributed by atoms with E-state index in [4.69, 9.17) is 9.84 Å². The number of hydrogen-bond acceptors (Lipinski definition) is 3. The van der Waals surface area contributed by atoms with E-state index in [1.165, 1.54) is 0 Å². The summed E-state index contributed by atoms with van der Waals surface area (Å²) in [6.45, 7) is 2.23. The molecule has 0 aromatic heterocycles. The fourth-order valence-corrected chi connectivity index (χ4v) is 2.59. The van der Waals surface area contributed by atoms with Crippen molar-refractivity contribution in [2.75, 3.05) is 13.2 Å². The highest BCUT2D eigenvalue weighted by molar-refractivity contribution is 5.88. The van der Waals surface area contributed by atoms with Gasteiger partial charge in [0.15, 0.2) is 0 Å². The SMILES string of the molecule is O=C(O)c1ccc2c(c1)CN(C(=O)NC1CCOC1)C2. The number of carboxylic acids is 1. The number of aromatic carboxylic acids is 1. The number of ether oxygens (including phenoxy) is 1. The van der Waals surface area contributed by atoms with Crippen molar-refractivity contribution in [2.45, 2.75) is 25.6 Å². The highest BCUT2D eigenvalue weighted by Gasteiger charge is 2.26. The van der Waals surface area contributed by atoms with Crippen molar-refractivity contribution in [3.05, 3.63) is 34.9 Å². The second kappa shape index (κ2) is 5.13. The van der Waals surface area contributed by atoms with E-state index in [0.717, 1.165) is 17.5 Å². The van der Waals surface area contributed by atoms with E-state index < -0.39 is 5.97 Å². The van der Waals surface area contributed by atoms with E-state index in [9.17, 15) is 9.59 Å². The van der Waals surface area contributed by atoms with Crippen LogP contribution in [0.25, 0.3) is 0 Å². The first-order valence-corrected chi connectivity index (χ1v) is 6.62. The molecule has 0 radical (unpaired) electrons. The van der Waals surface area contributed by atoms with Gasteiger partial charge in [-0.05, 0) is 29.7 Å². The minimum atomic E-state index is -0.946. The summed E-state index contributed by atoms with van der Waals surface area (Å²) in [6.07, 6.45) is 0.843. The molecule has 1 fully saturated rings. The van der Waals surface area contributed by atoms with E-state index >= 15 is 0 Å². The first-order chi connectivity index (χ1) is 9.63. The third kappa shape index (κ3) is 2.46. The Morgan fingerprint density at radius 3 is 2.80 bits per heavy atom. The summed E-state index contributed by atoms with van der Waals surface area (Å²) < 4.78 is 5.23. The van der Waals surface area contributed by atoms with Crippen molar-refractivity contribution in [1.29, 1.82) is 0 Å². The summed E-state index contributed by atoms with van der Waals surface area (Å²) in [7, 11) is 0. The van der Waals surface area contributed by atoms with E-state index in [1.54, 1.807) is 23.1 Å². The summed E-state index contributed by atoms with van der Waals surface area (Å²) in [4.78, 5) is 24.8. The predicted molar refractivity (Wildman–Crippen MR) is 70.4 cm³/mol. The lowest BCUT2D eigenvalue weighted by atomic mass is 10.1. The Kier molecular flexibility index (Phi) is 3.31. The van der Waals surface area contributed by atoms with Crippen LogP contribution in [0, 0.1) is 0 Å². The smallest absolute Gasteiger partial charge is 0.335 e. The first-order valence-electron chi connectivity index (χ1n) is 6.62. The van der Waals surface area contributed by atoms with Gasteiger partial charge in [-0.3, -0.25) is 0 Å². The number of urea groups is 1. The van der Waals surface area contributed by atoms with Crippen LogP contribution in [-0.4, -0.2) is 41.3 Å². The molecule has 2 amide bonds. The van der Waals surface area contributed by atoms with Crippen LogP contribution in [0.15, 0.2) is 18.2 Å². The van der Waals surface area contributed by atoms with Crippen molar-refractivity contribution in [2.24, 2.45) is 0 Å². The van der Waals surface area contributed by atoms with Crippen molar-refractivity contribution in [3.63, 3.8) is 0 Å². The first kappa shape index (κ1) is 12.9. The fourth-order valence-electron chi connectivity index (χ4n) is 2.59. The number of carbonyl (C=O) groups excluding carboxylic acids is 1. The van der Waals surface area contributed by atoms with E-state index in [-0.39, 0.29) is 17.6 Å². The molecule has 0 bridgehead atoms. The lowest BCUT2D eigenvalue weighted by Gasteiger charge is -2.19. The van der Waals surface area contributed by atoms with E-state index in [0.29, 0.717) is 26.3 Å². The second-order valence-electron chi connectivity index (χ2n) is 5.15. The lowest BCUT2D eigenvalue weighted by molar-refractivity contribution is 0.0696. The number of rotatable bonds is 2. The van der Waals surface area contributed by atoms with Gasteiger partial charge in [0, 0.05) is 19.7 Å². The van der Waals surface area contributed by atoms with Crippen molar-refractivity contribution < 1.29 is 19.4 Å². The van der Waals surface area contributed by atoms with Crippen LogP contribution in [0.3, 0.4) is 0 Å². The monoisotopic (exact) mass is 276 g/mol. The minimum absolute atomic E-state index is 0.0841. The molecule has 2 N–H and O–H groups in total. The highest BCUT2D eigenvalue weighted by Crippen LogP contribution is 2.24. The van der Waals surface area contributed by atoms with Gasteiger partial charge in [-0.1, -0.05) is 6.07 Å². The average Bonchev–Trinajstić information content (AvgIpc) is 3.05. The molecule has 2 heterocycles. The Bertz CT molecular complexity index is 552. The number of nitrogens with one attached hydrogen (secondary N) is 1. The number of carboxylic acid groups (broad SMARTS) is 1. The molecule has 6 nitrogen and oxygen atoms in total.